The third-order valence-electron chi connectivity index (χ3n) is 5.59. The second kappa shape index (κ2) is 8.48. The number of carbonyl (C=O) groups excluding carboxylic acids is 2. The smallest absolute Gasteiger partial charge is 0.228 e. The van der Waals surface area contributed by atoms with Gasteiger partial charge in [0.15, 0.2) is 0 Å². The Bertz CT molecular complexity index is 611. The van der Waals surface area contributed by atoms with Crippen LogP contribution in [-0.4, -0.2) is 42.9 Å². The minimum atomic E-state index is -0.0500. The lowest BCUT2D eigenvalue weighted by Gasteiger charge is -2.30. The quantitative estimate of drug-likeness (QED) is 0.864. The number of benzene rings is 1. The molecule has 136 valence electrons. The molecule has 2 aliphatic rings. The molecule has 1 saturated heterocycles. The minimum Gasteiger partial charge on any atom is -0.359 e. The van der Waals surface area contributed by atoms with Gasteiger partial charge in [-0.15, -0.1) is 0 Å². The summed E-state index contributed by atoms with van der Waals surface area (Å²) in [5.74, 6) is 0.0867. The summed E-state index contributed by atoms with van der Waals surface area (Å²) in [7, 11) is 1.63. The molecule has 2 N–H and O–H groups in total. The number of hydrogen-bond donors (Lipinski definition) is 2. The molecule has 2 amide bonds. The van der Waals surface area contributed by atoms with Crippen LogP contribution in [0, 0.1) is 5.92 Å². The van der Waals surface area contributed by atoms with E-state index in [0.29, 0.717) is 6.04 Å². The van der Waals surface area contributed by atoms with Gasteiger partial charge in [0.05, 0.1) is 12.3 Å². The lowest BCUT2D eigenvalue weighted by Crippen LogP contribution is -2.36. The van der Waals surface area contributed by atoms with Gasteiger partial charge in [-0.05, 0) is 37.4 Å². The molecule has 5 nitrogen and oxygen atoms in total. The van der Waals surface area contributed by atoms with E-state index in [0.717, 1.165) is 30.8 Å². The molecule has 1 aromatic carbocycles. The number of para-hydroxylation sites is 1. The van der Waals surface area contributed by atoms with Crippen molar-refractivity contribution in [3.8, 4) is 0 Å². The van der Waals surface area contributed by atoms with Gasteiger partial charge in [0, 0.05) is 25.3 Å². The maximum absolute atomic E-state index is 12.7. The topological polar surface area (TPSA) is 61.4 Å². The summed E-state index contributed by atoms with van der Waals surface area (Å²) >= 11 is 0. The van der Waals surface area contributed by atoms with Gasteiger partial charge < -0.3 is 10.6 Å². The van der Waals surface area contributed by atoms with Crippen LogP contribution in [0.2, 0.25) is 0 Å². The van der Waals surface area contributed by atoms with E-state index in [-0.39, 0.29) is 24.2 Å². The summed E-state index contributed by atoms with van der Waals surface area (Å²) in [4.78, 5) is 26.9. The lowest BCUT2D eigenvalue weighted by molar-refractivity contribution is -0.120. The van der Waals surface area contributed by atoms with Crippen LogP contribution >= 0.6 is 0 Å². The Kier molecular flexibility index (Phi) is 6.08. The normalized spacial score (nSPS) is 21.9. The molecule has 2 fully saturated rings. The van der Waals surface area contributed by atoms with Crippen molar-refractivity contribution in [3.05, 3.63) is 29.8 Å². The molecule has 1 aromatic rings. The Labute approximate surface area is 150 Å². The first-order valence-corrected chi connectivity index (χ1v) is 9.51. The molecule has 1 saturated carbocycles. The molecular weight excluding hydrogens is 314 g/mol. The second-order valence-electron chi connectivity index (χ2n) is 7.27. The summed E-state index contributed by atoms with van der Waals surface area (Å²) in [5, 5.41) is 5.69. The highest BCUT2D eigenvalue weighted by atomic mass is 16.2. The SMILES string of the molecule is CNC(=O)Cc1ccccc1NC(=O)[C@@H]1CCN(C2CCCCC2)C1. The fourth-order valence-electron chi connectivity index (χ4n) is 4.07. The monoisotopic (exact) mass is 343 g/mol. The third-order valence-corrected chi connectivity index (χ3v) is 5.59. The number of rotatable bonds is 5. The second-order valence-corrected chi connectivity index (χ2v) is 7.27. The molecule has 1 aliphatic carbocycles. The Hall–Kier alpha value is -1.88. The first-order chi connectivity index (χ1) is 12.2. The number of nitrogens with zero attached hydrogens (tertiary/aromatic N) is 1. The van der Waals surface area contributed by atoms with E-state index in [2.05, 4.69) is 15.5 Å². The average molecular weight is 343 g/mol. The van der Waals surface area contributed by atoms with Crippen molar-refractivity contribution < 1.29 is 9.59 Å². The summed E-state index contributed by atoms with van der Waals surface area (Å²) < 4.78 is 0. The molecule has 1 heterocycles. The Morgan fingerprint density at radius 1 is 1.12 bits per heavy atom. The highest BCUT2D eigenvalue weighted by Crippen LogP contribution is 2.28. The molecule has 0 unspecified atom stereocenters. The van der Waals surface area contributed by atoms with Crippen molar-refractivity contribution in [1.29, 1.82) is 0 Å². The van der Waals surface area contributed by atoms with Gasteiger partial charge in [0.2, 0.25) is 11.8 Å². The van der Waals surface area contributed by atoms with Crippen molar-refractivity contribution >= 4 is 17.5 Å². The first kappa shape index (κ1) is 17.9. The van der Waals surface area contributed by atoms with Gasteiger partial charge in [0.25, 0.3) is 0 Å². The molecule has 0 aromatic heterocycles. The average Bonchev–Trinajstić information content (AvgIpc) is 3.14. The number of carbonyl (C=O) groups is 2. The van der Waals surface area contributed by atoms with Crippen molar-refractivity contribution in [1.82, 2.24) is 10.2 Å². The van der Waals surface area contributed by atoms with Crippen LogP contribution in [0.1, 0.15) is 44.1 Å². The fourth-order valence-corrected chi connectivity index (χ4v) is 4.07. The Balaban J connectivity index is 1.58. The van der Waals surface area contributed by atoms with E-state index in [9.17, 15) is 9.59 Å². The molecule has 3 rings (SSSR count). The highest BCUT2D eigenvalue weighted by Gasteiger charge is 2.32. The van der Waals surface area contributed by atoms with Crippen molar-refractivity contribution in [2.24, 2.45) is 5.92 Å². The summed E-state index contributed by atoms with van der Waals surface area (Å²) in [5.41, 5.74) is 1.62. The maximum Gasteiger partial charge on any atom is 0.228 e. The number of anilines is 1. The van der Waals surface area contributed by atoms with Gasteiger partial charge in [0.1, 0.15) is 0 Å². The lowest BCUT2D eigenvalue weighted by atomic mass is 9.94. The summed E-state index contributed by atoms with van der Waals surface area (Å²) in [6.07, 6.45) is 7.78. The van der Waals surface area contributed by atoms with E-state index in [1.54, 1.807) is 7.05 Å². The van der Waals surface area contributed by atoms with Gasteiger partial charge >= 0.3 is 0 Å². The van der Waals surface area contributed by atoms with E-state index < -0.39 is 0 Å². The predicted octanol–water partition coefficient (Wildman–Crippen LogP) is 2.57. The molecule has 0 spiro atoms. The summed E-state index contributed by atoms with van der Waals surface area (Å²) in [6, 6.07) is 8.24. The largest absolute Gasteiger partial charge is 0.359 e. The van der Waals surface area contributed by atoms with Crippen LogP contribution in [0.25, 0.3) is 0 Å². The minimum absolute atomic E-state index is 0.0500. The Morgan fingerprint density at radius 3 is 2.64 bits per heavy atom. The highest BCUT2D eigenvalue weighted by molar-refractivity contribution is 5.94. The number of hydrogen-bond acceptors (Lipinski definition) is 3. The molecule has 1 aliphatic heterocycles. The molecule has 25 heavy (non-hydrogen) atoms. The zero-order valence-electron chi connectivity index (χ0n) is 15.1. The predicted molar refractivity (Wildman–Crippen MR) is 99.4 cm³/mol. The van der Waals surface area contributed by atoms with E-state index >= 15 is 0 Å². The molecule has 0 bridgehead atoms. The van der Waals surface area contributed by atoms with Crippen molar-refractivity contribution in [2.45, 2.75) is 51.0 Å². The third kappa shape index (κ3) is 4.60. The Morgan fingerprint density at radius 2 is 1.88 bits per heavy atom. The number of nitrogens with one attached hydrogen (secondary N) is 2. The van der Waals surface area contributed by atoms with Crippen LogP contribution in [0.5, 0.6) is 0 Å². The first-order valence-electron chi connectivity index (χ1n) is 9.51. The van der Waals surface area contributed by atoms with Crippen LogP contribution in [0.3, 0.4) is 0 Å². The van der Waals surface area contributed by atoms with Crippen molar-refractivity contribution in [2.75, 3.05) is 25.5 Å². The van der Waals surface area contributed by atoms with Gasteiger partial charge in [-0.25, -0.2) is 0 Å². The van der Waals surface area contributed by atoms with Gasteiger partial charge in [-0.1, -0.05) is 37.5 Å². The summed E-state index contributed by atoms with van der Waals surface area (Å²) in [6.45, 7) is 1.90. The van der Waals surface area contributed by atoms with E-state index in [1.165, 1.54) is 32.1 Å². The van der Waals surface area contributed by atoms with Crippen LogP contribution in [0.4, 0.5) is 5.69 Å². The van der Waals surface area contributed by atoms with Crippen LogP contribution in [0.15, 0.2) is 24.3 Å². The van der Waals surface area contributed by atoms with Gasteiger partial charge in [-0.2, -0.15) is 0 Å². The zero-order valence-corrected chi connectivity index (χ0v) is 15.1. The molecule has 1 atom stereocenters. The molecule has 0 radical (unpaired) electrons. The number of likely N-dealkylation sites (tertiary alicyclic amines) is 1. The van der Waals surface area contributed by atoms with Crippen LogP contribution in [-0.2, 0) is 16.0 Å². The fraction of sp³-hybridized carbons (Fsp3) is 0.600. The molecular formula is C20H29N3O2. The zero-order chi connectivity index (χ0) is 17.6. The standard InChI is InChI=1S/C20H29N3O2/c1-21-19(24)13-15-7-5-6-10-18(15)22-20(25)16-11-12-23(14-16)17-8-3-2-4-9-17/h5-7,10,16-17H,2-4,8-9,11-14H2,1H3,(H,21,24)(H,22,25)/t16-/m1/s1. The number of likely N-dealkylation sites (N-methyl/N-ethyl adjacent to an activating group) is 1. The van der Waals surface area contributed by atoms with Gasteiger partial charge in [-0.3, -0.25) is 14.5 Å². The van der Waals surface area contributed by atoms with Crippen molar-refractivity contribution in [3.63, 3.8) is 0 Å². The maximum atomic E-state index is 12.7. The van der Waals surface area contributed by atoms with Crippen LogP contribution < -0.4 is 10.6 Å². The molecule has 5 heteroatoms. The van der Waals surface area contributed by atoms with E-state index in [1.807, 2.05) is 24.3 Å². The van der Waals surface area contributed by atoms with E-state index in [4.69, 9.17) is 0 Å². The number of amides is 2.